The maximum atomic E-state index is 13.5. The Morgan fingerprint density at radius 2 is 1.71 bits per heavy atom. The smallest absolute Gasteiger partial charge is 0.274 e. The third-order valence-corrected chi connectivity index (χ3v) is 5.07. The molecule has 0 atom stereocenters. The number of halogens is 3. The molecule has 0 saturated heterocycles. The second kappa shape index (κ2) is 9.42. The van der Waals surface area contributed by atoms with Gasteiger partial charge in [0, 0.05) is 44.5 Å². The fourth-order valence-electron chi connectivity index (χ4n) is 3.37. The summed E-state index contributed by atoms with van der Waals surface area (Å²) in [5, 5.41) is 6.61. The van der Waals surface area contributed by atoms with Gasteiger partial charge in [0.15, 0.2) is 0 Å². The number of carbonyl (C=O) groups excluding carboxylic acids is 1. The van der Waals surface area contributed by atoms with E-state index in [4.69, 9.17) is 0 Å². The van der Waals surface area contributed by atoms with Gasteiger partial charge in [-0.3, -0.25) is 9.48 Å². The van der Waals surface area contributed by atoms with Gasteiger partial charge in [-0.25, -0.2) is 23.7 Å². The van der Waals surface area contributed by atoms with Crippen molar-refractivity contribution in [2.24, 2.45) is 7.05 Å². The highest BCUT2D eigenvalue weighted by atomic mass is 19.3. The minimum absolute atomic E-state index is 0.00284. The van der Waals surface area contributed by atoms with Gasteiger partial charge in [0.05, 0.1) is 30.1 Å². The van der Waals surface area contributed by atoms with Gasteiger partial charge in [-0.15, -0.1) is 0 Å². The van der Waals surface area contributed by atoms with Crippen LogP contribution in [0.1, 0.15) is 29.4 Å². The topological polar surface area (TPSA) is 85.6 Å². The lowest BCUT2D eigenvalue weighted by Gasteiger charge is -2.13. The Kier molecular flexibility index (Phi) is 6.40. The van der Waals surface area contributed by atoms with Crippen molar-refractivity contribution in [3.63, 3.8) is 0 Å². The molecule has 0 unspecified atom stereocenters. The zero-order valence-electron chi connectivity index (χ0n) is 18.5. The van der Waals surface area contributed by atoms with Crippen molar-refractivity contribution in [3.05, 3.63) is 89.8 Å². The third-order valence-electron chi connectivity index (χ3n) is 5.07. The van der Waals surface area contributed by atoms with Crippen molar-refractivity contribution in [2.75, 3.05) is 5.32 Å². The summed E-state index contributed by atoms with van der Waals surface area (Å²) in [6.07, 6.45) is 8.77. The fourth-order valence-corrected chi connectivity index (χ4v) is 3.37. The summed E-state index contributed by atoms with van der Waals surface area (Å²) in [7, 11) is 1.85. The molecule has 4 rings (SSSR count). The van der Waals surface area contributed by atoms with Crippen molar-refractivity contribution >= 4 is 11.6 Å². The number of aryl methyl sites for hydroxylation is 1. The SMILES string of the molecule is Cn1cc(Cc2ncc(-c3ccc(CC(=O)Nc4cnc(F)c(C(C)(F)F)c4)cc3)cn2)cn1. The van der Waals surface area contributed by atoms with Crippen molar-refractivity contribution in [3.8, 4) is 11.1 Å². The molecule has 3 heterocycles. The van der Waals surface area contributed by atoms with E-state index >= 15 is 0 Å². The average molecular weight is 466 g/mol. The lowest BCUT2D eigenvalue weighted by atomic mass is 10.0. The number of pyridine rings is 1. The number of amides is 1. The summed E-state index contributed by atoms with van der Waals surface area (Å²) in [6, 6.07) is 8.15. The molecule has 1 aromatic carbocycles. The summed E-state index contributed by atoms with van der Waals surface area (Å²) >= 11 is 0. The maximum absolute atomic E-state index is 13.5. The van der Waals surface area contributed by atoms with Gasteiger partial charge < -0.3 is 5.32 Å². The number of nitrogens with one attached hydrogen (secondary N) is 1. The van der Waals surface area contributed by atoms with Gasteiger partial charge in [-0.05, 0) is 22.8 Å². The number of benzene rings is 1. The van der Waals surface area contributed by atoms with Crippen molar-refractivity contribution in [1.29, 1.82) is 0 Å². The van der Waals surface area contributed by atoms with Crippen LogP contribution >= 0.6 is 0 Å². The van der Waals surface area contributed by atoms with Crippen molar-refractivity contribution in [2.45, 2.75) is 25.7 Å². The standard InChI is InChI=1S/C24H21F3N6O/c1-24(26,27)20-9-19(13-30-23(20)25)32-22(34)8-15-3-5-17(6-4-15)18-11-28-21(29-12-18)7-16-10-31-33(2)14-16/h3-6,9-14H,7-8H2,1-2H3,(H,32,34). The fraction of sp³-hybridized carbons (Fsp3) is 0.208. The quantitative estimate of drug-likeness (QED) is 0.411. The van der Waals surface area contributed by atoms with Crippen LogP contribution < -0.4 is 5.32 Å². The first kappa shape index (κ1) is 23.1. The molecule has 0 radical (unpaired) electrons. The molecule has 0 saturated carbocycles. The second-order valence-electron chi connectivity index (χ2n) is 7.96. The van der Waals surface area contributed by atoms with Gasteiger partial charge in [0.2, 0.25) is 11.9 Å². The lowest BCUT2D eigenvalue weighted by molar-refractivity contribution is -0.115. The van der Waals surface area contributed by atoms with E-state index in [1.54, 1.807) is 35.4 Å². The van der Waals surface area contributed by atoms with Crippen LogP contribution in [0.4, 0.5) is 18.9 Å². The first-order valence-electron chi connectivity index (χ1n) is 10.4. The molecular formula is C24H21F3N6O. The molecule has 0 aliphatic heterocycles. The number of carbonyl (C=O) groups is 1. The van der Waals surface area contributed by atoms with Crippen LogP contribution in [0, 0.1) is 5.95 Å². The van der Waals surface area contributed by atoms with Gasteiger partial charge in [0.1, 0.15) is 5.82 Å². The van der Waals surface area contributed by atoms with E-state index in [0.29, 0.717) is 24.7 Å². The highest BCUT2D eigenvalue weighted by Gasteiger charge is 2.29. The Morgan fingerprint density at radius 1 is 1.00 bits per heavy atom. The average Bonchev–Trinajstić information content (AvgIpc) is 3.20. The van der Waals surface area contributed by atoms with E-state index in [2.05, 4.69) is 25.4 Å². The Bertz CT molecular complexity index is 1300. The molecule has 174 valence electrons. The molecule has 0 aliphatic carbocycles. The normalized spacial score (nSPS) is 11.4. The molecule has 34 heavy (non-hydrogen) atoms. The summed E-state index contributed by atoms with van der Waals surface area (Å²) in [5.74, 6) is -4.43. The zero-order chi connectivity index (χ0) is 24.3. The van der Waals surface area contributed by atoms with Gasteiger partial charge >= 0.3 is 0 Å². The molecule has 0 bridgehead atoms. The Labute approximate surface area is 193 Å². The molecule has 0 fully saturated rings. The van der Waals surface area contributed by atoms with E-state index < -0.39 is 23.3 Å². The molecule has 4 aromatic rings. The first-order chi connectivity index (χ1) is 16.2. The van der Waals surface area contributed by atoms with E-state index in [-0.39, 0.29) is 12.1 Å². The number of alkyl halides is 2. The minimum atomic E-state index is -3.41. The summed E-state index contributed by atoms with van der Waals surface area (Å²) < 4.78 is 42.2. The van der Waals surface area contributed by atoms with E-state index in [1.165, 1.54) is 0 Å². The number of rotatable bonds is 7. The number of hydrogen-bond acceptors (Lipinski definition) is 5. The van der Waals surface area contributed by atoms with E-state index in [0.717, 1.165) is 29.0 Å². The monoisotopic (exact) mass is 466 g/mol. The summed E-state index contributed by atoms with van der Waals surface area (Å²) in [6.45, 7) is 0.569. The Balaban J connectivity index is 1.37. The molecular weight excluding hydrogens is 445 g/mol. The molecule has 0 aliphatic rings. The van der Waals surface area contributed by atoms with E-state index in [9.17, 15) is 18.0 Å². The van der Waals surface area contributed by atoms with Crippen LogP contribution in [-0.2, 0) is 30.6 Å². The predicted molar refractivity (Wildman–Crippen MR) is 120 cm³/mol. The predicted octanol–water partition coefficient (Wildman–Crippen LogP) is 4.29. The van der Waals surface area contributed by atoms with Crippen LogP contribution in [0.15, 0.2) is 61.3 Å². The summed E-state index contributed by atoms with van der Waals surface area (Å²) in [4.78, 5) is 24.4. The van der Waals surface area contributed by atoms with Gasteiger partial charge in [-0.1, -0.05) is 24.3 Å². The second-order valence-corrected chi connectivity index (χ2v) is 7.96. The Hall–Kier alpha value is -4.08. The van der Waals surface area contributed by atoms with Crippen LogP contribution in [0.3, 0.4) is 0 Å². The number of hydrogen-bond donors (Lipinski definition) is 1. The highest BCUT2D eigenvalue weighted by Crippen LogP contribution is 2.30. The minimum Gasteiger partial charge on any atom is -0.324 e. The molecule has 1 N–H and O–H groups in total. The largest absolute Gasteiger partial charge is 0.324 e. The number of anilines is 1. The van der Waals surface area contributed by atoms with Gasteiger partial charge in [0.25, 0.3) is 5.92 Å². The third kappa shape index (κ3) is 5.64. The van der Waals surface area contributed by atoms with E-state index in [1.807, 2.05) is 25.4 Å². The molecule has 7 nitrogen and oxygen atoms in total. The molecule has 10 heteroatoms. The molecule has 1 amide bonds. The Morgan fingerprint density at radius 3 is 2.32 bits per heavy atom. The molecule has 0 spiro atoms. The number of nitrogens with zero attached hydrogens (tertiary/aromatic N) is 5. The van der Waals surface area contributed by atoms with Crippen molar-refractivity contribution in [1.82, 2.24) is 24.7 Å². The van der Waals surface area contributed by atoms with Crippen molar-refractivity contribution < 1.29 is 18.0 Å². The lowest BCUT2D eigenvalue weighted by Crippen LogP contribution is -2.17. The van der Waals surface area contributed by atoms with Crippen LogP contribution in [0.25, 0.3) is 11.1 Å². The molecule has 3 aromatic heterocycles. The summed E-state index contributed by atoms with van der Waals surface area (Å²) in [5.41, 5.74) is 2.58. The van der Waals surface area contributed by atoms with Crippen LogP contribution in [0.2, 0.25) is 0 Å². The maximum Gasteiger partial charge on any atom is 0.274 e. The number of aromatic nitrogens is 5. The highest BCUT2D eigenvalue weighted by molar-refractivity contribution is 5.92. The first-order valence-corrected chi connectivity index (χ1v) is 10.4. The van der Waals surface area contributed by atoms with Crippen LogP contribution in [-0.4, -0.2) is 30.6 Å². The van der Waals surface area contributed by atoms with Gasteiger partial charge in [-0.2, -0.15) is 9.49 Å². The van der Waals surface area contributed by atoms with Crippen LogP contribution in [0.5, 0.6) is 0 Å². The zero-order valence-corrected chi connectivity index (χ0v) is 18.5.